The van der Waals surface area contributed by atoms with Crippen LogP contribution >= 0.6 is 0 Å². The van der Waals surface area contributed by atoms with Gasteiger partial charge in [0.2, 0.25) is 0 Å². The molecule has 0 saturated carbocycles. The number of piperazine rings is 1. The molecule has 0 radical (unpaired) electrons. The zero-order valence-corrected chi connectivity index (χ0v) is 14.8. The molecule has 132 valence electrons. The minimum absolute atomic E-state index is 0.0882. The summed E-state index contributed by atoms with van der Waals surface area (Å²) in [4.78, 5) is 14.7. The maximum Gasteiger partial charge on any atom is 0.261 e. The number of hydrogen-bond donors (Lipinski definition) is 2. The molecule has 1 amide bonds. The van der Waals surface area contributed by atoms with Gasteiger partial charge >= 0.3 is 0 Å². The first-order valence-electron chi connectivity index (χ1n) is 8.17. The predicted octanol–water partition coefficient (Wildman–Crippen LogP) is 1.92. The maximum absolute atomic E-state index is 12.7. The molecular weight excluding hydrogens is 338 g/mol. The minimum Gasteiger partial charge on any atom is -0.333 e. The quantitative estimate of drug-likeness (QED) is 0.874. The van der Waals surface area contributed by atoms with Gasteiger partial charge in [-0.05, 0) is 37.3 Å². The first kappa shape index (κ1) is 17.4. The number of sulfonamides is 1. The van der Waals surface area contributed by atoms with E-state index in [2.05, 4.69) is 10.0 Å². The van der Waals surface area contributed by atoms with Crippen LogP contribution in [0.4, 0.5) is 5.69 Å². The van der Waals surface area contributed by atoms with E-state index in [0.29, 0.717) is 17.8 Å². The van der Waals surface area contributed by atoms with E-state index in [9.17, 15) is 13.2 Å². The van der Waals surface area contributed by atoms with Crippen LogP contribution < -0.4 is 10.0 Å². The van der Waals surface area contributed by atoms with Crippen molar-refractivity contribution in [2.45, 2.75) is 17.9 Å². The van der Waals surface area contributed by atoms with E-state index >= 15 is 0 Å². The third kappa shape index (κ3) is 4.00. The van der Waals surface area contributed by atoms with Crippen molar-refractivity contribution in [1.82, 2.24) is 10.2 Å². The Morgan fingerprint density at radius 2 is 1.92 bits per heavy atom. The highest BCUT2D eigenvalue weighted by Gasteiger charge is 2.24. The van der Waals surface area contributed by atoms with Gasteiger partial charge in [0.15, 0.2) is 0 Å². The second-order valence-corrected chi connectivity index (χ2v) is 7.73. The average molecular weight is 359 g/mol. The lowest BCUT2D eigenvalue weighted by Crippen LogP contribution is -2.52. The topological polar surface area (TPSA) is 78.5 Å². The molecule has 2 N–H and O–H groups in total. The van der Waals surface area contributed by atoms with E-state index in [4.69, 9.17) is 0 Å². The Bertz CT molecular complexity index is 853. The number of carbonyl (C=O) groups is 1. The lowest BCUT2D eigenvalue weighted by atomic mass is 10.1. The smallest absolute Gasteiger partial charge is 0.261 e. The van der Waals surface area contributed by atoms with Gasteiger partial charge in [-0.1, -0.05) is 24.3 Å². The summed E-state index contributed by atoms with van der Waals surface area (Å²) >= 11 is 0. The Labute approximate surface area is 147 Å². The Balaban J connectivity index is 1.81. The molecule has 1 aliphatic heterocycles. The molecule has 0 bridgehead atoms. The summed E-state index contributed by atoms with van der Waals surface area (Å²) in [6, 6.07) is 14.9. The van der Waals surface area contributed by atoms with E-state index in [1.54, 1.807) is 47.4 Å². The molecule has 2 aromatic carbocycles. The zero-order chi connectivity index (χ0) is 17.9. The van der Waals surface area contributed by atoms with Crippen molar-refractivity contribution in [3.8, 4) is 0 Å². The summed E-state index contributed by atoms with van der Waals surface area (Å²) < 4.78 is 27.4. The number of benzene rings is 2. The van der Waals surface area contributed by atoms with Crippen LogP contribution in [0, 0.1) is 0 Å². The van der Waals surface area contributed by atoms with Crippen molar-refractivity contribution in [3.63, 3.8) is 0 Å². The summed E-state index contributed by atoms with van der Waals surface area (Å²) in [5, 5.41) is 3.25. The first-order chi connectivity index (χ1) is 12.0. The van der Waals surface area contributed by atoms with E-state index in [-0.39, 0.29) is 16.8 Å². The van der Waals surface area contributed by atoms with Crippen molar-refractivity contribution in [2.75, 3.05) is 24.4 Å². The van der Waals surface area contributed by atoms with Gasteiger partial charge in [-0.3, -0.25) is 9.52 Å². The molecule has 1 saturated heterocycles. The lowest BCUT2D eigenvalue weighted by molar-refractivity contribution is 0.0656. The van der Waals surface area contributed by atoms with Gasteiger partial charge in [-0.15, -0.1) is 0 Å². The fourth-order valence-corrected chi connectivity index (χ4v) is 3.91. The maximum atomic E-state index is 12.7. The molecule has 1 aliphatic rings. The third-order valence-corrected chi connectivity index (χ3v) is 5.57. The summed E-state index contributed by atoms with van der Waals surface area (Å²) in [5.41, 5.74) is 0.847. The number of anilines is 1. The van der Waals surface area contributed by atoms with E-state index in [1.165, 1.54) is 12.1 Å². The van der Waals surface area contributed by atoms with Crippen LogP contribution in [0.2, 0.25) is 0 Å². The molecule has 0 aromatic heterocycles. The van der Waals surface area contributed by atoms with Gasteiger partial charge in [0.05, 0.1) is 4.90 Å². The van der Waals surface area contributed by atoms with Gasteiger partial charge in [0, 0.05) is 36.9 Å². The number of nitrogens with one attached hydrogen (secondary N) is 2. The predicted molar refractivity (Wildman–Crippen MR) is 97.1 cm³/mol. The van der Waals surface area contributed by atoms with Crippen LogP contribution in [0.3, 0.4) is 0 Å². The standard InChI is InChI=1S/C18H21N3O3S/c1-14-13-19-10-11-21(14)18(22)15-6-5-7-16(12-15)20-25(23,24)17-8-3-2-4-9-17/h2-9,12,14,19-20H,10-11,13H2,1H3/t14-/m0/s1. The largest absolute Gasteiger partial charge is 0.333 e. The Morgan fingerprint density at radius 1 is 1.16 bits per heavy atom. The fraction of sp³-hybridized carbons (Fsp3) is 0.278. The van der Waals surface area contributed by atoms with Crippen molar-refractivity contribution in [1.29, 1.82) is 0 Å². The van der Waals surface area contributed by atoms with Crippen LogP contribution in [0.1, 0.15) is 17.3 Å². The van der Waals surface area contributed by atoms with Crippen molar-refractivity contribution in [3.05, 3.63) is 60.2 Å². The second-order valence-electron chi connectivity index (χ2n) is 6.05. The number of amides is 1. The SMILES string of the molecule is C[C@H]1CNCCN1C(=O)c1cccc(NS(=O)(=O)c2ccccc2)c1. The number of rotatable bonds is 4. The summed E-state index contributed by atoms with van der Waals surface area (Å²) in [6.45, 7) is 4.15. The normalized spacial score (nSPS) is 18.0. The van der Waals surface area contributed by atoms with Crippen molar-refractivity contribution in [2.24, 2.45) is 0 Å². The van der Waals surface area contributed by atoms with Crippen molar-refractivity contribution < 1.29 is 13.2 Å². The van der Waals surface area contributed by atoms with Gasteiger partial charge < -0.3 is 10.2 Å². The summed E-state index contributed by atoms with van der Waals surface area (Å²) in [5.74, 6) is -0.0882. The highest BCUT2D eigenvalue weighted by molar-refractivity contribution is 7.92. The molecular formula is C18H21N3O3S. The Morgan fingerprint density at radius 3 is 2.64 bits per heavy atom. The lowest BCUT2D eigenvalue weighted by Gasteiger charge is -2.34. The number of carbonyl (C=O) groups excluding carboxylic acids is 1. The molecule has 0 spiro atoms. The first-order valence-corrected chi connectivity index (χ1v) is 9.65. The second kappa shape index (κ2) is 7.25. The number of hydrogen-bond acceptors (Lipinski definition) is 4. The molecule has 25 heavy (non-hydrogen) atoms. The van der Waals surface area contributed by atoms with E-state index in [0.717, 1.165) is 13.1 Å². The molecule has 0 unspecified atom stereocenters. The van der Waals surface area contributed by atoms with E-state index < -0.39 is 10.0 Å². The summed E-state index contributed by atoms with van der Waals surface area (Å²) in [7, 11) is -3.68. The molecule has 7 heteroatoms. The third-order valence-electron chi connectivity index (χ3n) is 4.18. The van der Waals surface area contributed by atoms with Crippen molar-refractivity contribution >= 4 is 21.6 Å². The monoisotopic (exact) mass is 359 g/mol. The molecule has 6 nitrogen and oxygen atoms in total. The number of nitrogens with zero attached hydrogens (tertiary/aromatic N) is 1. The Kier molecular flexibility index (Phi) is 5.06. The molecule has 1 heterocycles. The van der Waals surface area contributed by atoms with Crippen LogP contribution in [0.5, 0.6) is 0 Å². The van der Waals surface area contributed by atoms with Crippen LogP contribution in [0.25, 0.3) is 0 Å². The molecule has 0 aliphatic carbocycles. The fourth-order valence-electron chi connectivity index (χ4n) is 2.84. The van der Waals surface area contributed by atoms with Gasteiger partial charge in [-0.25, -0.2) is 8.42 Å². The highest BCUT2D eigenvalue weighted by atomic mass is 32.2. The van der Waals surface area contributed by atoms with E-state index in [1.807, 2.05) is 6.92 Å². The van der Waals surface area contributed by atoms with Gasteiger partial charge in [-0.2, -0.15) is 0 Å². The zero-order valence-electron chi connectivity index (χ0n) is 14.0. The minimum atomic E-state index is -3.68. The van der Waals surface area contributed by atoms with Gasteiger partial charge in [0.1, 0.15) is 0 Å². The van der Waals surface area contributed by atoms with Crippen LogP contribution in [-0.2, 0) is 10.0 Å². The van der Waals surface area contributed by atoms with Crippen LogP contribution in [-0.4, -0.2) is 44.9 Å². The summed E-state index contributed by atoms with van der Waals surface area (Å²) in [6.07, 6.45) is 0. The molecule has 1 atom stereocenters. The highest BCUT2D eigenvalue weighted by Crippen LogP contribution is 2.19. The average Bonchev–Trinajstić information content (AvgIpc) is 2.62. The van der Waals surface area contributed by atoms with Crippen LogP contribution in [0.15, 0.2) is 59.5 Å². The Hall–Kier alpha value is -2.38. The molecule has 2 aromatic rings. The van der Waals surface area contributed by atoms with Gasteiger partial charge in [0.25, 0.3) is 15.9 Å². The molecule has 3 rings (SSSR count). The molecule has 1 fully saturated rings.